The van der Waals surface area contributed by atoms with Crippen LogP contribution in [0, 0.1) is 5.92 Å². The molecule has 0 radical (unpaired) electrons. The highest BCUT2D eigenvalue weighted by atomic mass is 16.1. The molecule has 0 spiro atoms. The molecule has 0 amide bonds. The summed E-state index contributed by atoms with van der Waals surface area (Å²) < 4.78 is 1.98. The second kappa shape index (κ2) is 7.63. The Balaban J connectivity index is 3.08. The Labute approximate surface area is 123 Å². The smallest absolute Gasteiger partial charge is 0.255 e. The Bertz CT molecular complexity index is 474. The topological polar surface area (TPSA) is 34.0 Å². The molecule has 0 aromatic carbocycles. The lowest BCUT2D eigenvalue weighted by Crippen LogP contribution is -2.32. The Morgan fingerprint density at radius 1 is 1.15 bits per heavy atom. The number of nitrogens with one attached hydrogen (secondary N) is 1. The minimum absolute atomic E-state index is 0.168. The lowest BCUT2D eigenvalue weighted by Gasteiger charge is -2.22. The SMILES string of the molecule is CCC(C)n1c(C(C)C)ccc(CNCC(C)C)c1=O. The average molecular weight is 278 g/mol. The van der Waals surface area contributed by atoms with Gasteiger partial charge in [0.1, 0.15) is 0 Å². The molecule has 3 nitrogen and oxygen atoms in total. The summed E-state index contributed by atoms with van der Waals surface area (Å²) in [5.74, 6) is 0.969. The predicted molar refractivity (Wildman–Crippen MR) is 86.3 cm³/mol. The number of nitrogens with zero attached hydrogens (tertiary/aromatic N) is 1. The quantitative estimate of drug-likeness (QED) is 0.825. The van der Waals surface area contributed by atoms with E-state index in [-0.39, 0.29) is 11.6 Å². The number of hydrogen-bond acceptors (Lipinski definition) is 2. The van der Waals surface area contributed by atoms with Gasteiger partial charge in [-0.1, -0.05) is 40.7 Å². The molecular weight excluding hydrogens is 248 g/mol. The fraction of sp³-hybridized carbons (Fsp3) is 0.706. The molecular formula is C17H30N2O. The van der Waals surface area contributed by atoms with Crippen molar-refractivity contribution in [2.75, 3.05) is 6.54 Å². The third-order valence-corrected chi connectivity index (χ3v) is 3.72. The molecule has 1 aromatic heterocycles. The first-order chi connectivity index (χ1) is 9.38. The molecule has 3 heteroatoms. The summed E-state index contributed by atoms with van der Waals surface area (Å²) in [6.45, 7) is 14.5. The summed E-state index contributed by atoms with van der Waals surface area (Å²) in [7, 11) is 0. The summed E-state index contributed by atoms with van der Waals surface area (Å²) in [6, 6.07) is 4.36. The molecule has 114 valence electrons. The van der Waals surface area contributed by atoms with Crippen LogP contribution in [0.25, 0.3) is 0 Å². The van der Waals surface area contributed by atoms with Crippen molar-refractivity contribution in [3.63, 3.8) is 0 Å². The Kier molecular flexibility index (Phi) is 6.47. The molecule has 0 saturated heterocycles. The average Bonchev–Trinajstić information content (AvgIpc) is 2.38. The number of pyridine rings is 1. The van der Waals surface area contributed by atoms with E-state index in [4.69, 9.17) is 0 Å². The second-order valence-corrected chi connectivity index (χ2v) is 6.40. The Morgan fingerprint density at radius 2 is 1.80 bits per heavy atom. The summed E-state index contributed by atoms with van der Waals surface area (Å²) in [5.41, 5.74) is 2.18. The van der Waals surface area contributed by atoms with E-state index in [1.807, 2.05) is 10.6 Å². The fourth-order valence-electron chi connectivity index (χ4n) is 2.35. The molecule has 1 heterocycles. The molecule has 0 fully saturated rings. The van der Waals surface area contributed by atoms with Crippen LogP contribution in [0.2, 0.25) is 0 Å². The van der Waals surface area contributed by atoms with Gasteiger partial charge in [-0.25, -0.2) is 0 Å². The van der Waals surface area contributed by atoms with Crippen molar-refractivity contribution in [1.82, 2.24) is 9.88 Å². The monoisotopic (exact) mass is 278 g/mol. The van der Waals surface area contributed by atoms with Crippen molar-refractivity contribution >= 4 is 0 Å². The third-order valence-electron chi connectivity index (χ3n) is 3.72. The van der Waals surface area contributed by atoms with Gasteiger partial charge in [0.05, 0.1) is 0 Å². The van der Waals surface area contributed by atoms with Crippen LogP contribution >= 0.6 is 0 Å². The van der Waals surface area contributed by atoms with Crippen LogP contribution < -0.4 is 10.9 Å². The highest BCUT2D eigenvalue weighted by molar-refractivity contribution is 5.19. The van der Waals surface area contributed by atoms with Gasteiger partial charge in [0.25, 0.3) is 5.56 Å². The normalized spacial score (nSPS) is 13.2. The number of hydrogen-bond donors (Lipinski definition) is 1. The van der Waals surface area contributed by atoms with Crippen molar-refractivity contribution in [2.24, 2.45) is 5.92 Å². The molecule has 1 N–H and O–H groups in total. The molecule has 20 heavy (non-hydrogen) atoms. The van der Waals surface area contributed by atoms with Crippen molar-refractivity contribution in [2.45, 2.75) is 66.5 Å². The van der Waals surface area contributed by atoms with Crippen molar-refractivity contribution in [3.05, 3.63) is 33.7 Å². The van der Waals surface area contributed by atoms with Gasteiger partial charge in [-0.05, 0) is 37.8 Å². The van der Waals surface area contributed by atoms with E-state index in [9.17, 15) is 4.79 Å². The van der Waals surface area contributed by atoms with Crippen LogP contribution in [0.4, 0.5) is 0 Å². The zero-order chi connectivity index (χ0) is 15.3. The zero-order valence-electron chi connectivity index (χ0n) is 13.9. The molecule has 0 aliphatic rings. The number of aromatic nitrogens is 1. The maximum atomic E-state index is 12.7. The molecule has 0 aliphatic carbocycles. The molecule has 0 bridgehead atoms. The van der Waals surface area contributed by atoms with E-state index in [2.05, 4.69) is 52.9 Å². The van der Waals surface area contributed by atoms with E-state index in [0.717, 1.165) is 24.2 Å². The van der Waals surface area contributed by atoms with Gasteiger partial charge in [0, 0.05) is 23.8 Å². The van der Waals surface area contributed by atoms with Gasteiger partial charge in [0.2, 0.25) is 0 Å². The van der Waals surface area contributed by atoms with Crippen LogP contribution in [0.1, 0.15) is 71.2 Å². The minimum atomic E-state index is 0.168. The van der Waals surface area contributed by atoms with Gasteiger partial charge in [-0.15, -0.1) is 0 Å². The first-order valence-electron chi connectivity index (χ1n) is 7.83. The van der Waals surface area contributed by atoms with Crippen LogP contribution in [0.3, 0.4) is 0 Å². The molecule has 0 aliphatic heterocycles. The third kappa shape index (κ3) is 4.20. The summed E-state index contributed by atoms with van der Waals surface area (Å²) in [6.07, 6.45) is 0.975. The lowest BCUT2D eigenvalue weighted by molar-refractivity contribution is 0.476. The summed E-state index contributed by atoms with van der Waals surface area (Å²) in [5, 5.41) is 3.36. The summed E-state index contributed by atoms with van der Waals surface area (Å²) in [4.78, 5) is 12.7. The van der Waals surface area contributed by atoms with E-state index < -0.39 is 0 Å². The highest BCUT2D eigenvalue weighted by Crippen LogP contribution is 2.19. The van der Waals surface area contributed by atoms with Gasteiger partial charge >= 0.3 is 0 Å². The van der Waals surface area contributed by atoms with Crippen LogP contribution in [0.15, 0.2) is 16.9 Å². The fourth-order valence-corrected chi connectivity index (χ4v) is 2.35. The minimum Gasteiger partial charge on any atom is -0.312 e. The molecule has 0 saturated carbocycles. The molecule has 1 unspecified atom stereocenters. The maximum absolute atomic E-state index is 12.7. The van der Waals surface area contributed by atoms with Gasteiger partial charge < -0.3 is 9.88 Å². The first-order valence-corrected chi connectivity index (χ1v) is 7.83. The van der Waals surface area contributed by atoms with Gasteiger partial charge in [0.15, 0.2) is 0 Å². The van der Waals surface area contributed by atoms with Gasteiger partial charge in [-0.3, -0.25) is 4.79 Å². The lowest BCUT2D eigenvalue weighted by atomic mass is 10.1. The largest absolute Gasteiger partial charge is 0.312 e. The van der Waals surface area contributed by atoms with E-state index in [0.29, 0.717) is 18.4 Å². The first kappa shape index (κ1) is 17.0. The van der Waals surface area contributed by atoms with E-state index in [1.54, 1.807) is 0 Å². The van der Waals surface area contributed by atoms with Crippen LogP contribution in [0.5, 0.6) is 0 Å². The van der Waals surface area contributed by atoms with Gasteiger partial charge in [-0.2, -0.15) is 0 Å². The zero-order valence-corrected chi connectivity index (χ0v) is 13.9. The van der Waals surface area contributed by atoms with E-state index in [1.165, 1.54) is 0 Å². The van der Waals surface area contributed by atoms with Crippen LogP contribution in [-0.4, -0.2) is 11.1 Å². The Hall–Kier alpha value is -1.09. The second-order valence-electron chi connectivity index (χ2n) is 6.40. The highest BCUT2D eigenvalue weighted by Gasteiger charge is 2.15. The van der Waals surface area contributed by atoms with Crippen molar-refractivity contribution in [3.8, 4) is 0 Å². The summed E-state index contributed by atoms with van der Waals surface area (Å²) >= 11 is 0. The van der Waals surface area contributed by atoms with E-state index >= 15 is 0 Å². The van der Waals surface area contributed by atoms with Crippen molar-refractivity contribution in [1.29, 1.82) is 0 Å². The maximum Gasteiger partial charge on any atom is 0.255 e. The molecule has 1 atom stereocenters. The van der Waals surface area contributed by atoms with Crippen LogP contribution in [-0.2, 0) is 6.54 Å². The molecule has 1 rings (SSSR count). The number of rotatable bonds is 7. The Morgan fingerprint density at radius 3 is 2.30 bits per heavy atom. The predicted octanol–water partition coefficient (Wildman–Crippen LogP) is 3.69. The standard InChI is InChI=1S/C17H30N2O/c1-7-14(6)19-16(13(4)5)9-8-15(17(19)20)11-18-10-12(2)3/h8-9,12-14,18H,7,10-11H2,1-6H3. The van der Waals surface area contributed by atoms with Crippen molar-refractivity contribution < 1.29 is 0 Å². The molecule has 1 aromatic rings.